The van der Waals surface area contributed by atoms with Crippen molar-refractivity contribution in [3.8, 4) is 22.7 Å². The van der Waals surface area contributed by atoms with Crippen molar-refractivity contribution in [1.82, 2.24) is 15.1 Å². The molecule has 1 heterocycles. The fraction of sp³-hybridized carbons (Fsp3) is 0.241. The van der Waals surface area contributed by atoms with Gasteiger partial charge in [-0.25, -0.2) is 4.68 Å². The molecule has 4 rings (SSSR count). The summed E-state index contributed by atoms with van der Waals surface area (Å²) >= 11 is 12.1. The van der Waals surface area contributed by atoms with Crippen molar-refractivity contribution in [3.63, 3.8) is 0 Å². The van der Waals surface area contributed by atoms with Crippen LogP contribution in [0.15, 0.2) is 72.9 Å². The molecule has 0 aliphatic rings. The van der Waals surface area contributed by atoms with Crippen LogP contribution in [0, 0.1) is 12.8 Å². The van der Waals surface area contributed by atoms with E-state index in [1.807, 2.05) is 60.3 Å². The number of hydrogen-bond acceptors (Lipinski definition) is 3. The second kappa shape index (κ2) is 11.6. The van der Waals surface area contributed by atoms with Crippen LogP contribution in [0.5, 0.6) is 5.75 Å². The largest absolute Gasteiger partial charge is 0.493 e. The Morgan fingerprint density at radius 1 is 1.03 bits per heavy atom. The van der Waals surface area contributed by atoms with Crippen molar-refractivity contribution in [3.05, 3.63) is 99.7 Å². The molecule has 0 unspecified atom stereocenters. The summed E-state index contributed by atoms with van der Waals surface area (Å²) in [5.74, 6) is 1.22. The third-order valence-electron chi connectivity index (χ3n) is 5.83. The lowest BCUT2D eigenvalue weighted by Gasteiger charge is -2.12. The molecule has 4 aromatic rings. The molecule has 36 heavy (non-hydrogen) atoms. The summed E-state index contributed by atoms with van der Waals surface area (Å²) in [6.45, 7) is 7.39. The Bertz CT molecular complexity index is 1350. The van der Waals surface area contributed by atoms with Gasteiger partial charge >= 0.3 is 0 Å². The van der Waals surface area contributed by atoms with Crippen LogP contribution in [0.1, 0.15) is 41.8 Å². The lowest BCUT2D eigenvalue weighted by atomic mass is 10.0. The van der Waals surface area contributed by atoms with E-state index in [9.17, 15) is 4.79 Å². The molecule has 1 N–H and O–H groups in total. The highest BCUT2D eigenvalue weighted by atomic mass is 35.5. The Hall–Kier alpha value is -3.28. The summed E-state index contributed by atoms with van der Waals surface area (Å²) in [4.78, 5) is 12.8. The van der Waals surface area contributed by atoms with Gasteiger partial charge in [-0.3, -0.25) is 4.79 Å². The summed E-state index contributed by atoms with van der Waals surface area (Å²) in [6, 6.07) is 20.8. The van der Waals surface area contributed by atoms with Crippen LogP contribution in [0.25, 0.3) is 16.9 Å². The minimum Gasteiger partial charge on any atom is -0.493 e. The number of hydrogen-bond donors (Lipinski definition) is 1. The Labute approximate surface area is 222 Å². The molecule has 0 radical (unpaired) electrons. The molecule has 1 aromatic heterocycles. The maximum atomic E-state index is 12.8. The highest BCUT2D eigenvalue weighted by molar-refractivity contribution is 6.42. The van der Waals surface area contributed by atoms with Crippen LogP contribution in [0.4, 0.5) is 0 Å². The molecule has 0 spiro atoms. The molecular weight excluding hydrogens is 493 g/mol. The number of nitrogens with one attached hydrogen (secondary N) is 1. The van der Waals surface area contributed by atoms with Crippen molar-refractivity contribution in [2.45, 2.75) is 33.7 Å². The van der Waals surface area contributed by atoms with Crippen LogP contribution in [0.2, 0.25) is 10.0 Å². The lowest BCUT2D eigenvalue weighted by molar-refractivity contribution is 0.0951. The summed E-state index contributed by atoms with van der Waals surface area (Å²) in [5.41, 5.74) is 5.06. The molecule has 0 saturated carbocycles. The topological polar surface area (TPSA) is 56.2 Å². The first-order valence-corrected chi connectivity index (χ1v) is 12.7. The minimum atomic E-state index is -0.239. The van der Waals surface area contributed by atoms with Gasteiger partial charge in [-0.1, -0.05) is 55.2 Å². The van der Waals surface area contributed by atoms with Gasteiger partial charge in [0, 0.05) is 29.4 Å². The van der Waals surface area contributed by atoms with E-state index in [1.54, 1.807) is 18.2 Å². The number of halogens is 2. The maximum Gasteiger partial charge on any atom is 0.251 e. The first kappa shape index (κ1) is 25.8. The molecule has 0 fully saturated rings. The van der Waals surface area contributed by atoms with Crippen molar-refractivity contribution >= 4 is 29.1 Å². The number of para-hydroxylation sites is 1. The zero-order valence-electron chi connectivity index (χ0n) is 20.6. The van der Waals surface area contributed by atoms with Gasteiger partial charge in [0.1, 0.15) is 5.75 Å². The fourth-order valence-corrected chi connectivity index (χ4v) is 4.07. The van der Waals surface area contributed by atoms with E-state index in [4.69, 9.17) is 33.0 Å². The summed E-state index contributed by atoms with van der Waals surface area (Å²) in [5, 5.41) is 8.60. The van der Waals surface area contributed by atoms with Crippen molar-refractivity contribution in [1.29, 1.82) is 0 Å². The molecule has 0 atom stereocenters. The van der Waals surface area contributed by atoms with Crippen molar-refractivity contribution in [2.24, 2.45) is 5.92 Å². The Kier molecular flexibility index (Phi) is 8.34. The third kappa shape index (κ3) is 6.28. The second-order valence-corrected chi connectivity index (χ2v) is 9.92. The van der Waals surface area contributed by atoms with Gasteiger partial charge in [0.25, 0.3) is 5.91 Å². The lowest BCUT2D eigenvalue weighted by Crippen LogP contribution is -2.22. The predicted octanol–water partition coefficient (Wildman–Crippen LogP) is 7.51. The van der Waals surface area contributed by atoms with Gasteiger partial charge in [0.2, 0.25) is 0 Å². The summed E-state index contributed by atoms with van der Waals surface area (Å²) < 4.78 is 7.82. The van der Waals surface area contributed by atoms with Gasteiger partial charge < -0.3 is 10.1 Å². The molecular formula is C29H29Cl2N3O2. The van der Waals surface area contributed by atoms with Crippen LogP contribution >= 0.6 is 23.2 Å². The van der Waals surface area contributed by atoms with E-state index in [0.29, 0.717) is 34.7 Å². The van der Waals surface area contributed by atoms with Crippen LogP contribution in [-0.2, 0) is 6.54 Å². The minimum absolute atomic E-state index is 0.239. The molecule has 0 bridgehead atoms. The van der Waals surface area contributed by atoms with Gasteiger partial charge in [-0.05, 0) is 73.4 Å². The number of aryl methyl sites for hydroxylation is 1. The number of nitrogens with zero attached hydrogens (tertiary/aromatic N) is 2. The molecule has 186 valence electrons. The number of amides is 1. The Morgan fingerprint density at radius 2 is 1.81 bits per heavy atom. The molecule has 5 nitrogen and oxygen atoms in total. The number of rotatable bonds is 9. The molecule has 0 aliphatic carbocycles. The second-order valence-electron chi connectivity index (χ2n) is 9.11. The zero-order valence-corrected chi connectivity index (χ0v) is 22.1. The van der Waals surface area contributed by atoms with Gasteiger partial charge in [-0.15, -0.1) is 0 Å². The number of carbonyl (C=O) groups excluding carboxylic acids is 1. The van der Waals surface area contributed by atoms with Crippen molar-refractivity contribution < 1.29 is 9.53 Å². The summed E-state index contributed by atoms with van der Waals surface area (Å²) in [7, 11) is 0. The quantitative estimate of drug-likeness (QED) is 0.248. The number of benzene rings is 3. The molecule has 0 saturated heterocycles. The average Bonchev–Trinajstić information content (AvgIpc) is 3.30. The maximum absolute atomic E-state index is 12.8. The van der Waals surface area contributed by atoms with Crippen LogP contribution in [-0.4, -0.2) is 22.3 Å². The SMILES string of the molecule is Cc1cc(-c2nn(-c3ccccc3)cc2CNC(=O)c2ccc(Cl)c(Cl)c2)ccc1OCCC(C)C. The average molecular weight is 522 g/mol. The fourth-order valence-electron chi connectivity index (χ4n) is 3.77. The monoisotopic (exact) mass is 521 g/mol. The van der Waals surface area contributed by atoms with Gasteiger partial charge in [-0.2, -0.15) is 5.10 Å². The van der Waals surface area contributed by atoms with Crippen LogP contribution in [0.3, 0.4) is 0 Å². The van der Waals surface area contributed by atoms with Crippen LogP contribution < -0.4 is 10.1 Å². The standard InChI is InChI=1S/C29H29Cl2N3O2/c1-19(2)13-14-36-27-12-10-21(15-20(27)3)28-23(18-34(33-28)24-7-5-4-6-8-24)17-32-29(35)22-9-11-25(30)26(31)16-22/h4-12,15-16,18-19H,13-14,17H2,1-3H3,(H,32,35). The molecule has 3 aromatic carbocycles. The van der Waals surface area contributed by atoms with E-state index >= 15 is 0 Å². The highest BCUT2D eigenvalue weighted by Gasteiger charge is 2.16. The van der Waals surface area contributed by atoms with Gasteiger partial charge in [0.15, 0.2) is 0 Å². The zero-order chi connectivity index (χ0) is 25.7. The van der Waals surface area contributed by atoms with E-state index < -0.39 is 0 Å². The first-order chi connectivity index (χ1) is 17.3. The first-order valence-electron chi connectivity index (χ1n) is 11.9. The Balaban J connectivity index is 1.60. The van der Waals surface area contributed by atoms with Gasteiger partial charge in [0.05, 0.1) is 28.0 Å². The molecule has 0 aliphatic heterocycles. The summed E-state index contributed by atoms with van der Waals surface area (Å²) in [6.07, 6.45) is 2.95. The number of ether oxygens (including phenoxy) is 1. The van der Waals surface area contributed by atoms with E-state index in [0.717, 1.165) is 40.2 Å². The van der Waals surface area contributed by atoms with E-state index in [1.165, 1.54) is 0 Å². The Morgan fingerprint density at radius 3 is 2.50 bits per heavy atom. The van der Waals surface area contributed by atoms with E-state index in [2.05, 4.69) is 25.2 Å². The van der Waals surface area contributed by atoms with E-state index in [-0.39, 0.29) is 5.91 Å². The molecule has 7 heteroatoms. The smallest absolute Gasteiger partial charge is 0.251 e. The normalized spacial score (nSPS) is 11.1. The molecule has 1 amide bonds. The third-order valence-corrected chi connectivity index (χ3v) is 6.57. The highest BCUT2D eigenvalue weighted by Crippen LogP contribution is 2.29. The number of aromatic nitrogens is 2. The predicted molar refractivity (Wildman–Crippen MR) is 146 cm³/mol. The van der Waals surface area contributed by atoms with Crippen molar-refractivity contribution in [2.75, 3.05) is 6.61 Å². The number of carbonyl (C=O) groups is 1.